The summed E-state index contributed by atoms with van der Waals surface area (Å²) in [6, 6.07) is 6.96. The van der Waals surface area contributed by atoms with Crippen LogP contribution in [0.1, 0.15) is 39.2 Å². The van der Waals surface area contributed by atoms with E-state index in [1.54, 1.807) is 12.1 Å². The van der Waals surface area contributed by atoms with Gasteiger partial charge in [0.2, 0.25) is 5.91 Å². The van der Waals surface area contributed by atoms with Crippen LogP contribution in [-0.2, 0) is 11.3 Å². The highest BCUT2D eigenvalue weighted by atomic mass is 16.3. The second-order valence-electron chi connectivity index (χ2n) is 5.59. The molecule has 4 N–H and O–H groups in total. The Kier molecular flexibility index (Phi) is 8.11. The molecule has 0 aliphatic heterocycles. The lowest BCUT2D eigenvalue weighted by atomic mass is 9.97. The van der Waals surface area contributed by atoms with Crippen molar-refractivity contribution in [3.8, 4) is 0 Å². The molecule has 0 saturated carbocycles. The van der Waals surface area contributed by atoms with E-state index in [4.69, 9.17) is 0 Å². The van der Waals surface area contributed by atoms with E-state index in [-0.39, 0.29) is 24.4 Å². The van der Waals surface area contributed by atoms with Crippen LogP contribution in [-0.4, -0.2) is 29.7 Å². The van der Waals surface area contributed by atoms with Crippen LogP contribution in [0.3, 0.4) is 0 Å². The molecule has 128 valence electrons. The molecule has 3 amide bonds. The van der Waals surface area contributed by atoms with Crippen LogP contribution in [0.4, 0.5) is 10.5 Å². The van der Waals surface area contributed by atoms with Gasteiger partial charge >= 0.3 is 6.03 Å². The monoisotopic (exact) mass is 321 g/mol. The Morgan fingerprint density at radius 2 is 1.87 bits per heavy atom. The molecular weight excluding hydrogens is 294 g/mol. The average Bonchev–Trinajstić information content (AvgIpc) is 2.52. The van der Waals surface area contributed by atoms with Crippen LogP contribution < -0.4 is 16.0 Å². The first kappa shape index (κ1) is 19.0. The predicted molar refractivity (Wildman–Crippen MR) is 91.1 cm³/mol. The first-order chi connectivity index (χ1) is 11.0. The fourth-order valence-electron chi connectivity index (χ4n) is 2.40. The number of carbonyl (C=O) groups excluding carboxylic acids is 2. The number of rotatable bonds is 8. The number of aliphatic hydroxyl groups excluding tert-OH is 1. The van der Waals surface area contributed by atoms with Crippen molar-refractivity contribution in [1.82, 2.24) is 10.6 Å². The molecule has 1 unspecified atom stereocenters. The third-order valence-electron chi connectivity index (χ3n) is 3.77. The number of hydrogen-bond donors (Lipinski definition) is 4. The molecule has 0 bridgehead atoms. The molecular formula is C17H27N3O3. The van der Waals surface area contributed by atoms with Crippen molar-refractivity contribution >= 4 is 17.6 Å². The SMILES string of the molecule is CCC(CC)C(O)CNC(=O)NCc1cccc(NC(C)=O)c1. The first-order valence-corrected chi connectivity index (χ1v) is 8.02. The van der Waals surface area contributed by atoms with E-state index in [0.717, 1.165) is 18.4 Å². The summed E-state index contributed by atoms with van der Waals surface area (Å²) in [6.45, 7) is 6.09. The van der Waals surface area contributed by atoms with Crippen molar-refractivity contribution in [2.45, 2.75) is 46.3 Å². The lowest BCUT2D eigenvalue weighted by Crippen LogP contribution is -2.41. The van der Waals surface area contributed by atoms with Crippen molar-refractivity contribution in [3.63, 3.8) is 0 Å². The van der Waals surface area contributed by atoms with Gasteiger partial charge in [-0.15, -0.1) is 0 Å². The Balaban J connectivity index is 2.40. The summed E-state index contributed by atoms with van der Waals surface area (Å²) in [5.41, 5.74) is 1.58. The Bertz CT molecular complexity index is 516. The Labute approximate surface area is 137 Å². The highest BCUT2D eigenvalue weighted by Crippen LogP contribution is 2.12. The van der Waals surface area contributed by atoms with Crippen LogP contribution in [0.25, 0.3) is 0 Å². The molecule has 0 fully saturated rings. The maximum atomic E-state index is 11.8. The largest absolute Gasteiger partial charge is 0.391 e. The number of aliphatic hydroxyl groups is 1. The van der Waals surface area contributed by atoms with Crippen molar-refractivity contribution < 1.29 is 14.7 Å². The van der Waals surface area contributed by atoms with E-state index in [0.29, 0.717) is 12.2 Å². The minimum absolute atomic E-state index is 0.136. The topological polar surface area (TPSA) is 90.5 Å². The first-order valence-electron chi connectivity index (χ1n) is 8.02. The van der Waals surface area contributed by atoms with Crippen molar-refractivity contribution in [2.75, 3.05) is 11.9 Å². The Morgan fingerprint density at radius 1 is 1.17 bits per heavy atom. The number of nitrogens with one attached hydrogen (secondary N) is 3. The minimum atomic E-state index is -0.529. The summed E-state index contributed by atoms with van der Waals surface area (Å²) < 4.78 is 0. The van der Waals surface area contributed by atoms with Gasteiger partial charge in [-0.25, -0.2) is 4.79 Å². The zero-order valence-corrected chi connectivity index (χ0v) is 14.1. The third kappa shape index (κ3) is 7.15. The summed E-state index contributed by atoms with van der Waals surface area (Å²) in [7, 11) is 0. The van der Waals surface area contributed by atoms with E-state index < -0.39 is 6.10 Å². The number of urea groups is 1. The molecule has 0 heterocycles. The summed E-state index contributed by atoms with van der Waals surface area (Å²) >= 11 is 0. The molecule has 0 aromatic heterocycles. The van der Waals surface area contributed by atoms with Crippen LogP contribution >= 0.6 is 0 Å². The van der Waals surface area contributed by atoms with E-state index in [9.17, 15) is 14.7 Å². The fourth-order valence-corrected chi connectivity index (χ4v) is 2.40. The van der Waals surface area contributed by atoms with E-state index in [2.05, 4.69) is 16.0 Å². The van der Waals surface area contributed by atoms with Crippen LogP contribution in [0.5, 0.6) is 0 Å². The molecule has 0 aliphatic rings. The zero-order valence-electron chi connectivity index (χ0n) is 14.1. The predicted octanol–water partition coefficient (Wildman–Crippen LogP) is 2.24. The molecule has 6 nitrogen and oxygen atoms in total. The van der Waals surface area contributed by atoms with Crippen molar-refractivity contribution in [2.24, 2.45) is 5.92 Å². The van der Waals surface area contributed by atoms with E-state index >= 15 is 0 Å². The summed E-state index contributed by atoms with van der Waals surface area (Å²) in [6.07, 6.45) is 1.24. The summed E-state index contributed by atoms with van der Waals surface area (Å²) in [5.74, 6) is 0.0629. The second kappa shape index (κ2) is 9.84. The lowest BCUT2D eigenvalue weighted by molar-refractivity contribution is -0.114. The molecule has 1 rings (SSSR count). The maximum absolute atomic E-state index is 11.8. The van der Waals surface area contributed by atoms with Gasteiger partial charge < -0.3 is 21.1 Å². The lowest BCUT2D eigenvalue weighted by Gasteiger charge is -2.20. The van der Waals surface area contributed by atoms with Crippen LogP contribution in [0.2, 0.25) is 0 Å². The quantitative estimate of drug-likeness (QED) is 0.592. The van der Waals surface area contributed by atoms with Crippen LogP contribution in [0.15, 0.2) is 24.3 Å². The Morgan fingerprint density at radius 3 is 2.48 bits per heavy atom. The number of anilines is 1. The smallest absolute Gasteiger partial charge is 0.315 e. The third-order valence-corrected chi connectivity index (χ3v) is 3.77. The zero-order chi connectivity index (χ0) is 17.2. The van der Waals surface area contributed by atoms with Gasteiger partial charge in [-0.1, -0.05) is 38.8 Å². The number of carbonyl (C=O) groups is 2. The van der Waals surface area contributed by atoms with E-state index in [1.807, 2.05) is 26.0 Å². The number of amides is 3. The molecule has 0 aliphatic carbocycles. The van der Waals surface area contributed by atoms with Gasteiger partial charge in [-0.3, -0.25) is 4.79 Å². The van der Waals surface area contributed by atoms with E-state index in [1.165, 1.54) is 6.92 Å². The molecule has 1 aromatic rings. The van der Waals surface area contributed by atoms with Gasteiger partial charge in [0.15, 0.2) is 0 Å². The fraction of sp³-hybridized carbons (Fsp3) is 0.529. The average molecular weight is 321 g/mol. The standard InChI is InChI=1S/C17H27N3O3/c1-4-14(5-2)16(22)11-19-17(23)18-10-13-7-6-8-15(9-13)20-12(3)21/h6-9,14,16,22H,4-5,10-11H2,1-3H3,(H,20,21)(H2,18,19,23). The molecule has 1 atom stereocenters. The van der Waals surface area contributed by atoms with Gasteiger partial charge in [-0.05, 0) is 23.6 Å². The van der Waals surface area contributed by atoms with Gasteiger partial charge in [0.05, 0.1) is 6.10 Å². The molecule has 0 radical (unpaired) electrons. The molecule has 23 heavy (non-hydrogen) atoms. The van der Waals surface area contributed by atoms with Crippen LogP contribution in [0, 0.1) is 5.92 Å². The molecule has 0 saturated heterocycles. The minimum Gasteiger partial charge on any atom is -0.391 e. The number of benzene rings is 1. The van der Waals surface area contributed by atoms with Gasteiger partial charge in [-0.2, -0.15) is 0 Å². The highest BCUT2D eigenvalue weighted by Gasteiger charge is 2.15. The molecule has 0 spiro atoms. The van der Waals surface area contributed by atoms with Gasteiger partial charge in [0, 0.05) is 25.7 Å². The number of hydrogen-bond acceptors (Lipinski definition) is 3. The molecule has 1 aromatic carbocycles. The summed E-state index contributed by atoms with van der Waals surface area (Å²) in [4.78, 5) is 22.8. The van der Waals surface area contributed by atoms with Gasteiger partial charge in [0.25, 0.3) is 0 Å². The Hall–Kier alpha value is -2.08. The second-order valence-corrected chi connectivity index (χ2v) is 5.59. The normalized spacial score (nSPS) is 11.9. The highest BCUT2D eigenvalue weighted by molar-refractivity contribution is 5.88. The maximum Gasteiger partial charge on any atom is 0.315 e. The summed E-state index contributed by atoms with van der Waals surface area (Å²) in [5, 5.41) is 18.1. The van der Waals surface area contributed by atoms with Crippen molar-refractivity contribution in [1.29, 1.82) is 0 Å². The molecule has 6 heteroatoms. The van der Waals surface area contributed by atoms with Crippen molar-refractivity contribution in [3.05, 3.63) is 29.8 Å². The van der Waals surface area contributed by atoms with Gasteiger partial charge in [0.1, 0.15) is 0 Å².